The Morgan fingerprint density at radius 2 is 2.19 bits per heavy atom. The fourth-order valence-electron chi connectivity index (χ4n) is 2.25. The fourth-order valence-corrected chi connectivity index (χ4v) is 2.25. The molecule has 1 aliphatic rings. The highest BCUT2D eigenvalue weighted by Crippen LogP contribution is 2.25. The van der Waals surface area contributed by atoms with Gasteiger partial charge in [-0.3, -0.25) is 4.79 Å². The van der Waals surface area contributed by atoms with Gasteiger partial charge in [0.1, 0.15) is 17.5 Å². The number of rotatable bonds is 3. The van der Waals surface area contributed by atoms with E-state index in [0.717, 1.165) is 6.07 Å². The van der Waals surface area contributed by atoms with Gasteiger partial charge in [-0.1, -0.05) is 0 Å². The van der Waals surface area contributed by atoms with Gasteiger partial charge in [0.05, 0.1) is 12.2 Å². The van der Waals surface area contributed by atoms with Crippen LogP contribution >= 0.6 is 0 Å². The lowest BCUT2D eigenvalue weighted by Crippen LogP contribution is -2.57. The number of phenolic OH excluding ortho intramolecular Hbond substituents is 2. The van der Waals surface area contributed by atoms with Gasteiger partial charge in [-0.25, -0.2) is 4.79 Å². The van der Waals surface area contributed by atoms with Gasteiger partial charge in [0.15, 0.2) is 0 Å². The molecule has 0 bridgehead atoms. The first-order valence-corrected chi connectivity index (χ1v) is 6.75. The third-order valence-corrected chi connectivity index (χ3v) is 3.27. The second-order valence-electron chi connectivity index (χ2n) is 4.67. The van der Waals surface area contributed by atoms with Crippen LogP contribution in [0.5, 0.6) is 11.5 Å². The Labute approximate surface area is 122 Å². The van der Waals surface area contributed by atoms with Crippen molar-refractivity contribution < 1.29 is 24.5 Å². The summed E-state index contributed by atoms with van der Waals surface area (Å²) in [6, 6.07) is 3.01. The second-order valence-corrected chi connectivity index (χ2v) is 4.67. The monoisotopic (exact) mass is 294 g/mol. The summed E-state index contributed by atoms with van der Waals surface area (Å²) in [5.41, 5.74) is 0.0454. The quantitative estimate of drug-likeness (QED) is 0.683. The number of nitrogens with one attached hydrogen (secondary N) is 1. The van der Waals surface area contributed by atoms with Crippen molar-refractivity contribution in [3.63, 3.8) is 0 Å². The number of aromatic hydroxyl groups is 2. The average molecular weight is 294 g/mol. The minimum Gasteiger partial charge on any atom is -0.508 e. The van der Waals surface area contributed by atoms with E-state index in [4.69, 9.17) is 4.74 Å². The van der Waals surface area contributed by atoms with Crippen molar-refractivity contribution in [2.24, 2.45) is 0 Å². The van der Waals surface area contributed by atoms with E-state index in [2.05, 4.69) is 5.32 Å². The molecule has 0 radical (unpaired) electrons. The lowest BCUT2D eigenvalue weighted by molar-refractivity contribution is -0.149. The number of hydrogen-bond acceptors (Lipinski definition) is 6. The number of esters is 1. The zero-order chi connectivity index (χ0) is 15.4. The van der Waals surface area contributed by atoms with Crippen molar-refractivity contribution in [1.29, 1.82) is 0 Å². The standard InChI is InChI=1S/C14H18N2O5/c1-2-21-14(20)11-8-15-5-6-16(11)13(19)10-4-3-9(17)7-12(10)18/h3-4,7,11,15,17-18H,2,5-6,8H2,1H3. The molecule has 1 aliphatic heterocycles. The van der Waals surface area contributed by atoms with Crippen LogP contribution in [0.4, 0.5) is 0 Å². The van der Waals surface area contributed by atoms with Crippen LogP contribution in [0.25, 0.3) is 0 Å². The third kappa shape index (κ3) is 3.25. The zero-order valence-electron chi connectivity index (χ0n) is 11.7. The topological polar surface area (TPSA) is 99.1 Å². The number of piperazine rings is 1. The predicted molar refractivity (Wildman–Crippen MR) is 74.1 cm³/mol. The molecule has 0 aliphatic carbocycles. The largest absolute Gasteiger partial charge is 0.508 e. The van der Waals surface area contributed by atoms with Gasteiger partial charge in [0, 0.05) is 25.7 Å². The Morgan fingerprint density at radius 1 is 1.43 bits per heavy atom. The molecule has 1 heterocycles. The van der Waals surface area contributed by atoms with Crippen LogP contribution in [-0.4, -0.2) is 59.3 Å². The van der Waals surface area contributed by atoms with Crippen molar-refractivity contribution in [2.45, 2.75) is 13.0 Å². The van der Waals surface area contributed by atoms with Crippen molar-refractivity contribution in [3.8, 4) is 11.5 Å². The van der Waals surface area contributed by atoms with Crippen LogP contribution in [-0.2, 0) is 9.53 Å². The van der Waals surface area contributed by atoms with E-state index in [0.29, 0.717) is 19.6 Å². The van der Waals surface area contributed by atoms with Gasteiger partial charge < -0.3 is 25.2 Å². The van der Waals surface area contributed by atoms with Gasteiger partial charge in [-0.2, -0.15) is 0 Å². The maximum Gasteiger partial charge on any atom is 0.330 e. The molecule has 1 saturated heterocycles. The van der Waals surface area contributed by atoms with E-state index >= 15 is 0 Å². The molecular weight excluding hydrogens is 276 g/mol. The predicted octanol–water partition coefficient (Wildman–Crippen LogP) is 0.0749. The second kappa shape index (κ2) is 6.45. The van der Waals surface area contributed by atoms with Crippen LogP contribution < -0.4 is 5.32 Å². The molecule has 0 saturated carbocycles. The number of phenols is 2. The van der Waals surface area contributed by atoms with Gasteiger partial charge in [-0.15, -0.1) is 0 Å². The molecule has 1 unspecified atom stereocenters. The molecule has 7 heteroatoms. The summed E-state index contributed by atoms with van der Waals surface area (Å²) in [6.07, 6.45) is 0. The number of amides is 1. The maximum atomic E-state index is 12.5. The summed E-state index contributed by atoms with van der Waals surface area (Å²) in [4.78, 5) is 25.8. The lowest BCUT2D eigenvalue weighted by atomic mass is 10.1. The summed E-state index contributed by atoms with van der Waals surface area (Å²) in [5, 5.41) is 22.1. The Kier molecular flexibility index (Phi) is 4.64. The first-order chi connectivity index (χ1) is 10.0. The van der Waals surface area contributed by atoms with Crippen LogP contribution in [0.15, 0.2) is 18.2 Å². The Morgan fingerprint density at radius 3 is 2.86 bits per heavy atom. The highest BCUT2D eigenvalue weighted by Gasteiger charge is 2.34. The molecule has 1 amide bonds. The number of carbonyl (C=O) groups excluding carboxylic acids is 2. The summed E-state index contributed by atoms with van der Waals surface area (Å²) < 4.78 is 4.97. The summed E-state index contributed by atoms with van der Waals surface area (Å²) in [5.74, 6) is -1.39. The maximum absolute atomic E-state index is 12.5. The first kappa shape index (κ1) is 15.1. The molecule has 1 aromatic carbocycles. The van der Waals surface area contributed by atoms with E-state index in [1.165, 1.54) is 17.0 Å². The molecule has 21 heavy (non-hydrogen) atoms. The normalized spacial score (nSPS) is 18.3. The lowest BCUT2D eigenvalue weighted by Gasteiger charge is -2.34. The van der Waals surface area contributed by atoms with Gasteiger partial charge in [-0.05, 0) is 19.1 Å². The number of ether oxygens (including phenoxy) is 1. The number of carbonyl (C=O) groups is 2. The van der Waals surface area contributed by atoms with Crippen molar-refractivity contribution >= 4 is 11.9 Å². The zero-order valence-corrected chi connectivity index (χ0v) is 11.7. The number of benzene rings is 1. The molecule has 114 valence electrons. The molecule has 1 fully saturated rings. The van der Waals surface area contributed by atoms with E-state index in [1.54, 1.807) is 6.92 Å². The van der Waals surface area contributed by atoms with E-state index in [-0.39, 0.29) is 23.7 Å². The van der Waals surface area contributed by atoms with Crippen LogP contribution in [0.1, 0.15) is 17.3 Å². The first-order valence-electron chi connectivity index (χ1n) is 6.75. The fraction of sp³-hybridized carbons (Fsp3) is 0.429. The number of hydrogen-bond donors (Lipinski definition) is 3. The minimum absolute atomic E-state index is 0.0454. The molecule has 1 atom stereocenters. The van der Waals surface area contributed by atoms with E-state index < -0.39 is 17.9 Å². The van der Waals surface area contributed by atoms with E-state index in [9.17, 15) is 19.8 Å². The van der Waals surface area contributed by atoms with Crippen molar-refractivity contribution in [2.75, 3.05) is 26.2 Å². The molecule has 0 aromatic heterocycles. The Balaban J connectivity index is 2.24. The molecule has 3 N–H and O–H groups in total. The minimum atomic E-state index is -0.723. The van der Waals surface area contributed by atoms with Crippen LogP contribution in [0, 0.1) is 0 Å². The van der Waals surface area contributed by atoms with E-state index in [1.807, 2.05) is 0 Å². The smallest absolute Gasteiger partial charge is 0.330 e. The molecular formula is C14H18N2O5. The van der Waals surface area contributed by atoms with Gasteiger partial charge in [0.2, 0.25) is 0 Å². The Hall–Kier alpha value is -2.28. The van der Waals surface area contributed by atoms with Gasteiger partial charge in [0.25, 0.3) is 5.91 Å². The SMILES string of the molecule is CCOC(=O)C1CNCCN1C(=O)c1ccc(O)cc1O. The molecule has 1 aromatic rings. The summed E-state index contributed by atoms with van der Waals surface area (Å²) in [7, 11) is 0. The highest BCUT2D eigenvalue weighted by atomic mass is 16.5. The molecule has 2 rings (SSSR count). The number of nitrogens with zero attached hydrogens (tertiary/aromatic N) is 1. The molecule has 7 nitrogen and oxygen atoms in total. The van der Waals surface area contributed by atoms with Crippen molar-refractivity contribution in [1.82, 2.24) is 10.2 Å². The van der Waals surface area contributed by atoms with Gasteiger partial charge >= 0.3 is 5.97 Å². The molecule has 0 spiro atoms. The summed E-state index contributed by atoms with van der Waals surface area (Å²) >= 11 is 0. The average Bonchev–Trinajstić information content (AvgIpc) is 2.47. The Bertz CT molecular complexity index is 546. The van der Waals surface area contributed by atoms with Crippen molar-refractivity contribution in [3.05, 3.63) is 23.8 Å². The summed E-state index contributed by atoms with van der Waals surface area (Å²) in [6.45, 7) is 3.14. The van der Waals surface area contributed by atoms with Crippen LogP contribution in [0.3, 0.4) is 0 Å². The highest BCUT2D eigenvalue weighted by molar-refractivity contribution is 5.99. The van der Waals surface area contributed by atoms with Crippen LogP contribution in [0.2, 0.25) is 0 Å². The third-order valence-electron chi connectivity index (χ3n) is 3.27.